The van der Waals surface area contributed by atoms with Gasteiger partial charge in [-0.1, -0.05) is 26.8 Å². The van der Waals surface area contributed by atoms with Gasteiger partial charge in [0.15, 0.2) is 10.4 Å². The van der Waals surface area contributed by atoms with Gasteiger partial charge in [0, 0.05) is 19.7 Å². The molecule has 3 N–H and O–H groups in total. The van der Waals surface area contributed by atoms with Crippen LogP contribution in [0, 0.1) is 0 Å². The first-order valence-corrected chi connectivity index (χ1v) is 11.1. The van der Waals surface area contributed by atoms with Crippen molar-refractivity contribution in [1.29, 1.82) is 0 Å². The third kappa shape index (κ3) is 4.29. The standard InChI is InChI=1S/C23H26BrN3O5/c1-6-14(16-10-13(11(2)3)22(24)32-16)25-17-18(21(30)20(17)29)26-15-9-7-8-12(19(15)28)23(31)27(4)5/h7-11,14,25-26,28H,6H2,1-5H3/t14-/m1/s1. The zero-order chi connectivity index (χ0) is 23.7. The summed E-state index contributed by atoms with van der Waals surface area (Å²) < 4.78 is 6.47. The first kappa shape index (κ1) is 23.6. The normalized spacial score (nSPS) is 12.2. The monoisotopic (exact) mass is 503 g/mol. The maximum Gasteiger partial charge on any atom is 0.257 e. The number of phenolic OH excluding ortho intramolecular Hbond substituents is 1. The van der Waals surface area contributed by atoms with E-state index in [2.05, 4.69) is 26.6 Å². The van der Waals surface area contributed by atoms with E-state index in [1.54, 1.807) is 20.2 Å². The molecule has 8 nitrogen and oxygen atoms in total. The highest BCUT2D eigenvalue weighted by Gasteiger charge is 2.27. The second-order valence-corrected chi connectivity index (χ2v) is 8.79. The molecule has 1 aromatic heterocycles. The highest BCUT2D eigenvalue weighted by atomic mass is 79.9. The molecule has 3 aromatic rings. The van der Waals surface area contributed by atoms with Crippen LogP contribution in [-0.4, -0.2) is 30.0 Å². The molecule has 32 heavy (non-hydrogen) atoms. The van der Waals surface area contributed by atoms with Gasteiger partial charge in [-0.3, -0.25) is 14.4 Å². The van der Waals surface area contributed by atoms with E-state index in [4.69, 9.17) is 4.42 Å². The lowest BCUT2D eigenvalue weighted by molar-refractivity contribution is 0.0824. The van der Waals surface area contributed by atoms with Crippen molar-refractivity contribution in [3.05, 3.63) is 66.3 Å². The lowest BCUT2D eigenvalue weighted by Gasteiger charge is -2.21. The summed E-state index contributed by atoms with van der Waals surface area (Å²) in [5.74, 6) is 0.213. The fraction of sp³-hybridized carbons (Fsp3) is 0.348. The second kappa shape index (κ2) is 9.20. The number of rotatable bonds is 8. The van der Waals surface area contributed by atoms with Crippen LogP contribution in [0.1, 0.15) is 60.8 Å². The second-order valence-electron chi connectivity index (χ2n) is 8.07. The Balaban J connectivity index is 1.91. The summed E-state index contributed by atoms with van der Waals surface area (Å²) in [6.45, 7) is 6.03. The molecule has 0 aliphatic heterocycles. The Hall–Kier alpha value is -3.07. The number of hydrogen-bond acceptors (Lipinski definition) is 7. The van der Waals surface area contributed by atoms with Gasteiger partial charge >= 0.3 is 0 Å². The zero-order valence-corrected chi connectivity index (χ0v) is 20.2. The Morgan fingerprint density at radius 3 is 2.41 bits per heavy atom. The van der Waals surface area contributed by atoms with Crippen LogP contribution in [0.15, 0.2) is 42.9 Å². The molecule has 170 valence electrons. The number of amides is 1. The molecule has 0 unspecified atom stereocenters. The number of anilines is 3. The fourth-order valence-electron chi connectivity index (χ4n) is 3.36. The lowest BCUT2D eigenvalue weighted by atomic mass is 10.0. The highest BCUT2D eigenvalue weighted by molar-refractivity contribution is 9.10. The van der Waals surface area contributed by atoms with Crippen molar-refractivity contribution in [3.8, 4) is 5.75 Å². The van der Waals surface area contributed by atoms with Gasteiger partial charge in [-0.15, -0.1) is 0 Å². The summed E-state index contributed by atoms with van der Waals surface area (Å²) in [4.78, 5) is 38.2. The van der Waals surface area contributed by atoms with E-state index in [-0.39, 0.29) is 46.2 Å². The summed E-state index contributed by atoms with van der Waals surface area (Å²) in [5, 5.41) is 16.4. The molecular formula is C23H26BrN3O5. The molecule has 0 aliphatic carbocycles. The smallest absolute Gasteiger partial charge is 0.257 e. The molecule has 0 bridgehead atoms. The molecule has 0 radical (unpaired) electrons. The van der Waals surface area contributed by atoms with Crippen molar-refractivity contribution >= 4 is 38.9 Å². The molecule has 1 amide bonds. The molecule has 3 rings (SSSR count). The Labute approximate surface area is 194 Å². The van der Waals surface area contributed by atoms with E-state index in [1.165, 1.54) is 17.0 Å². The quantitative estimate of drug-likeness (QED) is 0.307. The van der Waals surface area contributed by atoms with E-state index in [0.717, 1.165) is 5.56 Å². The summed E-state index contributed by atoms with van der Waals surface area (Å²) in [7, 11) is 3.15. The number of aromatic hydroxyl groups is 1. The minimum absolute atomic E-state index is 0.0351. The minimum atomic E-state index is -0.699. The number of nitrogens with one attached hydrogen (secondary N) is 2. The lowest BCUT2D eigenvalue weighted by Crippen LogP contribution is -2.37. The van der Waals surface area contributed by atoms with Gasteiger partial charge in [0.2, 0.25) is 0 Å². The van der Waals surface area contributed by atoms with Crippen molar-refractivity contribution < 1.29 is 14.3 Å². The van der Waals surface area contributed by atoms with Crippen LogP contribution in [0.5, 0.6) is 5.75 Å². The third-order valence-corrected chi connectivity index (χ3v) is 5.89. The van der Waals surface area contributed by atoms with Crippen molar-refractivity contribution in [2.75, 3.05) is 24.7 Å². The topological polar surface area (TPSA) is 112 Å². The molecule has 9 heteroatoms. The van der Waals surface area contributed by atoms with Crippen molar-refractivity contribution in [1.82, 2.24) is 4.90 Å². The van der Waals surface area contributed by atoms with Gasteiger partial charge in [-0.25, -0.2) is 0 Å². The number of phenols is 1. The zero-order valence-electron chi connectivity index (χ0n) is 18.6. The van der Waals surface area contributed by atoms with E-state index >= 15 is 0 Å². The maximum absolute atomic E-state index is 12.3. The number of carbonyl (C=O) groups excluding carboxylic acids is 1. The van der Waals surface area contributed by atoms with Crippen LogP contribution in [0.4, 0.5) is 17.1 Å². The van der Waals surface area contributed by atoms with Crippen molar-refractivity contribution in [2.24, 2.45) is 0 Å². The molecule has 0 spiro atoms. The Bertz CT molecular complexity index is 1220. The number of halogens is 1. The molecule has 0 saturated carbocycles. The third-order valence-electron chi connectivity index (χ3n) is 5.27. The molecule has 1 atom stereocenters. The maximum atomic E-state index is 12.3. The summed E-state index contributed by atoms with van der Waals surface area (Å²) in [6.07, 6.45) is 0.605. The van der Waals surface area contributed by atoms with Crippen LogP contribution in [0.3, 0.4) is 0 Å². The van der Waals surface area contributed by atoms with Gasteiger partial charge in [0.25, 0.3) is 16.8 Å². The number of hydrogen-bond donors (Lipinski definition) is 3. The molecule has 1 heterocycles. The van der Waals surface area contributed by atoms with Crippen LogP contribution in [0.25, 0.3) is 0 Å². The van der Waals surface area contributed by atoms with Crippen LogP contribution >= 0.6 is 15.9 Å². The number of nitrogens with zero attached hydrogens (tertiary/aromatic N) is 1. The molecule has 0 saturated heterocycles. The molecule has 0 aliphatic rings. The predicted octanol–water partition coefficient (Wildman–Crippen LogP) is 4.48. The largest absolute Gasteiger partial charge is 0.505 e. The van der Waals surface area contributed by atoms with Gasteiger partial charge in [0.05, 0.1) is 17.3 Å². The Morgan fingerprint density at radius 2 is 1.84 bits per heavy atom. The first-order chi connectivity index (χ1) is 15.1. The van der Waals surface area contributed by atoms with E-state index < -0.39 is 10.9 Å². The van der Waals surface area contributed by atoms with Gasteiger partial charge in [-0.2, -0.15) is 0 Å². The molecule has 0 fully saturated rings. The first-order valence-electron chi connectivity index (χ1n) is 10.3. The van der Waals surface area contributed by atoms with Crippen LogP contribution in [-0.2, 0) is 0 Å². The Morgan fingerprint density at radius 1 is 1.19 bits per heavy atom. The summed E-state index contributed by atoms with van der Waals surface area (Å²) in [5.41, 5.74) is 0.0493. The van der Waals surface area contributed by atoms with E-state index in [1.807, 2.05) is 26.8 Å². The van der Waals surface area contributed by atoms with Crippen LogP contribution in [0.2, 0.25) is 0 Å². The SMILES string of the molecule is CC[C@@H](Nc1c(Nc2cccc(C(=O)N(C)C)c2O)c(=O)c1=O)c1cc(C(C)C)c(Br)o1. The van der Waals surface area contributed by atoms with Crippen LogP contribution < -0.4 is 21.5 Å². The number of furan rings is 1. The van der Waals surface area contributed by atoms with Gasteiger partial charge in [-0.05, 0) is 46.5 Å². The minimum Gasteiger partial charge on any atom is -0.505 e. The van der Waals surface area contributed by atoms with E-state index in [9.17, 15) is 19.5 Å². The number of para-hydroxylation sites is 1. The van der Waals surface area contributed by atoms with Gasteiger partial charge in [0.1, 0.15) is 17.1 Å². The number of benzene rings is 1. The average molecular weight is 504 g/mol. The van der Waals surface area contributed by atoms with E-state index in [0.29, 0.717) is 16.9 Å². The Kier molecular flexibility index (Phi) is 6.78. The fourth-order valence-corrected chi connectivity index (χ4v) is 4.12. The average Bonchev–Trinajstić information content (AvgIpc) is 3.15. The number of carbonyl (C=O) groups is 1. The van der Waals surface area contributed by atoms with Crippen molar-refractivity contribution in [2.45, 2.75) is 39.2 Å². The summed E-state index contributed by atoms with van der Waals surface area (Å²) >= 11 is 3.43. The molecular weight excluding hydrogens is 478 g/mol. The summed E-state index contributed by atoms with van der Waals surface area (Å²) in [6, 6.07) is 6.19. The predicted molar refractivity (Wildman–Crippen MR) is 128 cm³/mol. The molecule has 2 aromatic carbocycles. The van der Waals surface area contributed by atoms with Crippen molar-refractivity contribution in [3.63, 3.8) is 0 Å². The van der Waals surface area contributed by atoms with Gasteiger partial charge < -0.3 is 25.1 Å². The highest BCUT2D eigenvalue weighted by Crippen LogP contribution is 2.36.